The second-order valence-electron chi connectivity index (χ2n) is 4.04. The molecule has 0 aliphatic carbocycles. The van der Waals surface area contributed by atoms with Gasteiger partial charge in [0.1, 0.15) is 0 Å². The number of likely N-dealkylation sites (N-methyl/N-ethyl adjacent to an activating group) is 1. The molecule has 0 saturated carbocycles. The Kier molecular flexibility index (Phi) is 6.70. The zero-order valence-electron chi connectivity index (χ0n) is 10.9. The van der Waals surface area contributed by atoms with E-state index in [0.717, 1.165) is 0 Å². The first kappa shape index (κ1) is 16.7. The number of rotatable bonds is 7. The molecule has 110 valence electrons. The molecule has 1 amide bonds. The van der Waals surface area contributed by atoms with Crippen molar-refractivity contribution in [2.75, 3.05) is 25.0 Å². The number of nitrogens with one attached hydrogen (secondary N) is 1. The monoisotopic (exact) mass is 319 g/mol. The van der Waals surface area contributed by atoms with Gasteiger partial charge in [0, 0.05) is 12.7 Å². The normalized spacial score (nSPS) is 10.6. The number of carboxylic acids is 1. The van der Waals surface area contributed by atoms with Crippen molar-refractivity contribution in [3.63, 3.8) is 0 Å². The van der Waals surface area contributed by atoms with Crippen LogP contribution in [0.4, 0.5) is 5.82 Å². The number of hydrogen-bond acceptors (Lipinski definition) is 4. The number of carboxylic acid groups (broad SMARTS) is 1. The molecule has 0 unspecified atom stereocenters. The van der Waals surface area contributed by atoms with E-state index in [1.165, 1.54) is 12.3 Å². The highest BCUT2D eigenvalue weighted by Crippen LogP contribution is 2.22. The molecule has 8 heteroatoms. The van der Waals surface area contributed by atoms with E-state index in [4.69, 9.17) is 28.3 Å². The maximum absolute atomic E-state index is 11.8. The van der Waals surface area contributed by atoms with Crippen LogP contribution in [0.2, 0.25) is 10.0 Å². The highest BCUT2D eigenvalue weighted by atomic mass is 35.5. The van der Waals surface area contributed by atoms with Crippen LogP contribution in [-0.4, -0.2) is 46.5 Å². The van der Waals surface area contributed by atoms with Crippen molar-refractivity contribution in [1.29, 1.82) is 0 Å². The maximum Gasteiger partial charge on any atom is 0.304 e. The number of halogens is 2. The predicted octanol–water partition coefficient (Wildman–Crippen LogP) is 2.12. The fraction of sp³-hybridized carbons (Fsp3) is 0.417. The van der Waals surface area contributed by atoms with E-state index in [1.807, 2.05) is 6.92 Å². The molecular weight excluding hydrogens is 305 g/mol. The van der Waals surface area contributed by atoms with Gasteiger partial charge in [0.05, 0.1) is 23.0 Å². The van der Waals surface area contributed by atoms with E-state index in [-0.39, 0.29) is 29.7 Å². The number of carbonyl (C=O) groups excluding carboxylic acids is 1. The fourth-order valence-electron chi connectivity index (χ4n) is 1.48. The molecule has 2 N–H and O–H groups in total. The molecule has 0 aliphatic heterocycles. The fourth-order valence-corrected chi connectivity index (χ4v) is 1.91. The third kappa shape index (κ3) is 5.73. The smallest absolute Gasteiger partial charge is 0.304 e. The zero-order valence-corrected chi connectivity index (χ0v) is 12.4. The first-order chi connectivity index (χ1) is 9.42. The van der Waals surface area contributed by atoms with E-state index in [1.54, 1.807) is 4.90 Å². The molecule has 0 atom stereocenters. The minimum Gasteiger partial charge on any atom is -0.481 e. The largest absolute Gasteiger partial charge is 0.481 e. The van der Waals surface area contributed by atoms with Gasteiger partial charge >= 0.3 is 5.97 Å². The molecule has 1 heterocycles. The van der Waals surface area contributed by atoms with Crippen LogP contribution < -0.4 is 5.32 Å². The maximum atomic E-state index is 11.8. The summed E-state index contributed by atoms with van der Waals surface area (Å²) in [6.45, 7) is 2.80. The third-order valence-electron chi connectivity index (χ3n) is 2.52. The second-order valence-corrected chi connectivity index (χ2v) is 4.89. The highest BCUT2D eigenvalue weighted by molar-refractivity contribution is 6.36. The summed E-state index contributed by atoms with van der Waals surface area (Å²) in [6, 6.07) is 1.48. The number of carbonyl (C=O) groups is 2. The highest BCUT2D eigenvalue weighted by Gasteiger charge is 2.12. The number of hydrogen-bond donors (Lipinski definition) is 2. The predicted molar refractivity (Wildman–Crippen MR) is 77.3 cm³/mol. The van der Waals surface area contributed by atoms with Crippen LogP contribution in [0.3, 0.4) is 0 Å². The lowest BCUT2D eigenvalue weighted by Crippen LogP contribution is -2.34. The molecule has 1 aromatic rings. The molecule has 20 heavy (non-hydrogen) atoms. The van der Waals surface area contributed by atoms with Gasteiger partial charge in [0.25, 0.3) is 0 Å². The first-order valence-corrected chi connectivity index (χ1v) is 6.73. The first-order valence-electron chi connectivity index (χ1n) is 5.97. The Balaban J connectivity index is 2.55. The zero-order chi connectivity index (χ0) is 15.1. The molecule has 0 aliphatic rings. The average Bonchev–Trinajstić information content (AvgIpc) is 2.37. The summed E-state index contributed by atoms with van der Waals surface area (Å²) < 4.78 is 0. The van der Waals surface area contributed by atoms with E-state index in [2.05, 4.69) is 10.3 Å². The molecular formula is C12H15Cl2N3O3. The lowest BCUT2D eigenvalue weighted by Gasteiger charge is -2.18. The van der Waals surface area contributed by atoms with E-state index in [0.29, 0.717) is 18.1 Å². The van der Waals surface area contributed by atoms with Crippen LogP contribution in [0, 0.1) is 0 Å². The van der Waals surface area contributed by atoms with Crippen molar-refractivity contribution in [2.45, 2.75) is 13.3 Å². The average molecular weight is 320 g/mol. The lowest BCUT2D eigenvalue weighted by atomic mass is 10.3. The molecule has 0 spiro atoms. The summed E-state index contributed by atoms with van der Waals surface area (Å²) in [4.78, 5) is 28.0. The van der Waals surface area contributed by atoms with Gasteiger partial charge in [-0.1, -0.05) is 30.1 Å². The minimum absolute atomic E-state index is 0.0128. The summed E-state index contributed by atoms with van der Waals surface area (Å²) in [6.07, 6.45) is 1.37. The molecule has 0 saturated heterocycles. The Morgan fingerprint density at radius 2 is 2.15 bits per heavy atom. The molecule has 1 rings (SSSR count). The Labute approximate surface area is 126 Å². The van der Waals surface area contributed by atoms with E-state index < -0.39 is 5.97 Å². The summed E-state index contributed by atoms with van der Waals surface area (Å²) in [5.74, 6) is -0.976. The van der Waals surface area contributed by atoms with Crippen molar-refractivity contribution in [1.82, 2.24) is 9.88 Å². The van der Waals surface area contributed by atoms with Crippen molar-refractivity contribution in [2.24, 2.45) is 0 Å². The van der Waals surface area contributed by atoms with Gasteiger partial charge in [0.2, 0.25) is 5.91 Å². The Morgan fingerprint density at radius 3 is 2.70 bits per heavy atom. The molecule has 0 aromatic carbocycles. The molecule has 6 nitrogen and oxygen atoms in total. The van der Waals surface area contributed by atoms with Gasteiger partial charge in [-0.05, 0) is 12.6 Å². The standard InChI is InChI=1S/C12H15Cl2N3O3/c1-2-17(4-3-11(19)20)7-10(18)16-12-9(14)5-8(13)6-15-12/h5-6H,2-4,7H2,1H3,(H,19,20)(H,15,16,18). The van der Waals surface area contributed by atoms with Crippen LogP contribution in [0.15, 0.2) is 12.3 Å². The quantitative estimate of drug-likeness (QED) is 0.804. The van der Waals surface area contributed by atoms with Gasteiger partial charge in [0.15, 0.2) is 5.82 Å². The summed E-state index contributed by atoms with van der Waals surface area (Å²) in [7, 11) is 0. The van der Waals surface area contributed by atoms with Crippen molar-refractivity contribution < 1.29 is 14.7 Å². The molecule has 1 aromatic heterocycles. The number of anilines is 1. The van der Waals surface area contributed by atoms with Gasteiger partial charge in [-0.3, -0.25) is 14.5 Å². The van der Waals surface area contributed by atoms with Crippen molar-refractivity contribution >= 4 is 40.9 Å². The van der Waals surface area contributed by atoms with Gasteiger partial charge in [-0.2, -0.15) is 0 Å². The molecule has 0 fully saturated rings. The SMILES string of the molecule is CCN(CCC(=O)O)CC(=O)Nc1ncc(Cl)cc1Cl. The lowest BCUT2D eigenvalue weighted by molar-refractivity contribution is -0.137. The molecule has 0 radical (unpaired) electrons. The van der Waals surface area contributed by atoms with Crippen LogP contribution in [0.1, 0.15) is 13.3 Å². The number of pyridine rings is 1. The molecule has 0 bridgehead atoms. The number of aliphatic carboxylic acids is 1. The van der Waals surface area contributed by atoms with Crippen molar-refractivity contribution in [3.05, 3.63) is 22.3 Å². The Hall–Kier alpha value is -1.37. The van der Waals surface area contributed by atoms with Gasteiger partial charge < -0.3 is 10.4 Å². The van der Waals surface area contributed by atoms with Crippen molar-refractivity contribution in [3.8, 4) is 0 Å². The van der Waals surface area contributed by atoms with E-state index in [9.17, 15) is 9.59 Å². The number of aromatic nitrogens is 1. The Bertz CT molecular complexity index is 497. The van der Waals surface area contributed by atoms with E-state index >= 15 is 0 Å². The third-order valence-corrected chi connectivity index (χ3v) is 3.02. The van der Waals surface area contributed by atoms with Crippen LogP contribution >= 0.6 is 23.2 Å². The summed E-state index contributed by atoms with van der Waals surface area (Å²) >= 11 is 11.6. The Morgan fingerprint density at radius 1 is 1.45 bits per heavy atom. The van der Waals surface area contributed by atoms with Gasteiger partial charge in [-0.15, -0.1) is 0 Å². The minimum atomic E-state index is -0.897. The summed E-state index contributed by atoms with van der Waals surface area (Å²) in [5, 5.41) is 11.8. The summed E-state index contributed by atoms with van der Waals surface area (Å²) in [5.41, 5.74) is 0. The second kappa shape index (κ2) is 8.04. The van der Waals surface area contributed by atoms with Gasteiger partial charge in [-0.25, -0.2) is 4.98 Å². The van der Waals surface area contributed by atoms with Crippen LogP contribution in [0.5, 0.6) is 0 Å². The number of amides is 1. The van der Waals surface area contributed by atoms with Crippen LogP contribution in [-0.2, 0) is 9.59 Å². The van der Waals surface area contributed by atoms with Crippen LogP contribution in [0.25, 0.3) is 0 Å². The number of nitrogens with zero attached hydrogens (tertiary/aromatic N) is 2. The topological polar surface area (TPSA) is 82.5 Å².